The van der Waals surface area contributed by atoms with Gasteiger partial charge in [-0.3, -0.25) is 9.69 Å². The zero-order valence-corrected chi connectivity index (χ0v) is 13.4. The highest BCUT2D eigenvalue weighted by molar-refractivity contribution is 5.94. The predicted octanol–water partition coefficient (Wildman–Crippen LogP) is 1.82. The van der Waals surface area contributed by atoms with Gasteiger partial charge >= 0.3 is 0 Å². The van der Waals surface area contributed by atoms with Crippen LogP contribution in [0.4, 0.5) is 4.39 Å². The summed E-state index contributed by atoms with van der Waals surface area (Å²) >= 11 is 0. The number of hydrogen-bond donors (Lipinski definition) is 1. The molecule has 0 atom stereocenters. The molecule has 23 heavy (non-hydrogen) atoms. The SMILES string of the molecule is COc1ccc(C(=O)NCC2(N3CCOCC3)CCC2)cc1F. The van der Waals surface area contributed by atoms with E-state index < -0.39 is 5.82 Å². The second-order valence-electron chi connectivity index (χ2n) is 6.21. The number of halogens is 1. The summed E-state index contributed by atoms with van der Waals surface area (Å²) in [6.07, 6.45) is 3.36. The van der Waals surface area contributed by atoms with Crippen molar-refractivity contribution in [1.82, 2.24) is 10.2 Å². The quantitative estimate of drug-likeness (QED) is 0.898. The molecule has 1 aliphatic heterocycles. The first-order valence-corrected chi connectivity index (χ1v) is 8.09. The first-order valence-electron chi connectivity index (χ1n) is 8.09. The van der Waals surface area contributed by atoms with Crippen LogP contribution in [0.25, 0.3) is 0 Å². The Kier molecular flexibility index (Phi) is 4.82. The fourth-order valence-corrected chi connectivity index (χ4v) is 3.38. The first-order chi connectivity index (χ1) is 11.1. The lowest BCUT2D eigenvalue weighted by Crippen LogP contribution is -2.62. The van der Waals surface area contributed by atoms with E-state index >= 15 is 0 Å². The molecule has 0 bridgehead atoms. The van der Waals surface area contributed by atoms with Crippen LogP contribution in [0.5, 0.6) is 5.75 Å². The van der Waals surface area contributed by atoms with E-state index in [2.05, 4.69) is 10.2 Å². The molecule has 1 saturated heterocycles. The van der Waals surface area contributed by atoms with Gasteiger partial charge in [0.2, 0.25) is 0 Å². The summed E-state index contributed by atoms with van der Waals surface area (Å²) in [6, 6.07) is 4.28. The summed E-state index contributed by atoms with van der Waals surface area (Å²) in [6.45, 7) is 3.92. The van der Waals surface area contributed by atoms with Gasteiger partial charge in [-0.15, -0.1) is 0 Å². The molecule has 1 N–H and O–H groups in total. The van der Waals surface area contributed by atoms with Crippen LogP contribution in [0, 0.1) is 5.82 Å². The summed E-state index contributed by atoms with van der Waals surface area (Å²) in [7, 11) is 1.40. The van der Waals surface area contributed by atoms with E-state index in [1.807, 2.05) is 0 Å². The largest absolute Gasteiger partial charge is 0.494 e. The normalized spacial score (nSPS) is 20.6. The number of carbonyl (C=O) groups is 1. The number of benzene rings is 1. The molecule has 0 radical (unpaired) electrons. The molecule has 1 aromatic carbocycles. The van der Waals surface area contributed by atoms with Crippen LogP contribution in [-0.2, 0) is 4.74 Å². The number of carbonyl (C=O) groups excluding carboxylic acids is 1. The number of hydrogen-bond acceptors (Lipinski definition) is 4. The highest BCUT2D eigenvalue weighted by Crippen LogP contribution is 2.37. The van der Waals surface area contributed by atoms with Crippen LogP contribution in [-0.4, -0.2) is 56.3 Å². The molecule has 0 aromatic heterocycles. The number of morpholine rings is 1. The fourth-order valence-electron chi connectivity index (χ4n) is 3.38. The maximum atomic E-state index is 13.7. The fraction of sp³-hybridized carbons (Fsp3) is 0.588. The number of nitrogens with one attached hydrogen (secondary N) is 1. The molecule has 0 spiro atoms. The average Bonchev–Trinajstić information content (AvgIpc) is 2.54. The lowest BCUT2D eigenvalue weighted by atomic mass is 9.75. The Morgan fingerprint density at radius 1 is 1.39 bits per heavy atom. The molecule has 126 valence electrons. The monoisotopic (exact) mass is 322 g/mol. The van der Waals surface area contributed by atoms with Crippen molar-refractivity contribution in [2.45, 2.75) is 24.8 Å². The van der Waals surface area contributed by atoms with E-state index in [1.165, 1.54) is 25.7 Å². The molecule has 2 aliphatic rings. The Balaban J connectivity index is 1.62. The average molecular weight is 322 g/mol. The predicted molar refractivity (Wildman–Crippen MR) is 84.3 cm³/mol. The van der Waals surface area contributed by atoms with Gasteiger partial charge < -0.3 is 14.8 Å². The second kappa shape index (κ2) is 6.84. The van der Waals surface area contributed by atoms with Gasteiger partial charge in [0.15, 0.2) is 11.6 Å². The zero-order chi connectivity index (χ0) is 16.3. The molecule has 0 unspecified atom stereocenters. The molecular weight excluding hydrogens is 299 g/mol. The van der Waals surface area contributed by atoms with Crippen LogP contribution in [0.3, 0.4) is 0 Å². The summed E-state index contributed by atoms with van der Waals surface area (Å²) < 4.78 is 24.0. The van der Waals surface area contributed by atoms with Gasteiger partial charge in [-0.1, -0.05) is 0 Å². The molecule has 1 aromatic rings. The van der Waals surface area contributed by atoms with Crippen molar-refractivity contribution in [3.63, 3.8) is 0 Å². The van der Waals surface area contributed by atoms with Gasteiger partial charge in [-0.2, -0.15) is 0 Å². The third kappa shape index (κ3) is 3.33. The van der Waals surface area contributed by atoms with Crippen LogP contribution in [0.1, 0.15) is 29.6 Å². The minimum atomic E-state index is -0.522. The third-order valence-electron chi connectivity index (χ3n) is 4.96. The highest BCUT2D eigenvalue weighted by Gasteiger charge is 2.42. The number of nitrogens with zero attached hydrogens (tertiary/aromatic N) is 1. The van der Waals surface area contributed by atoms with E-state index in [1.54, 1.807) is 6.07 Å². The van der Waals surface area contributed by atoms with Crippen molar-refractivity contribution in [1.29, 1.82) is 0 Å². The molecule has 6 heteroatoms. The first kappa shape index (κ1) is 16.2. The zero-order valence-electron chi connectivity index (χ0n) is 13.4. The van der Waals surface area contributed by atoms with E-state index in [-0.39, 0.29) is 17.2 Å². The maximum Gasteiger partial charge on any atom is 0.251 e. The second-order valence-corrected chi connectivity index (χ2v) is 6.21. The van der Waals surface area contributed by atoms with Crippen molar-refractivity contribution in [2.24, 2.45) is 0 Å². The summed E-state index contributed by atoms with van der Waals surface area (Å²) in [4.78, 5) is 14.7. The van der Waals surface area contributed by atoms with Crippen LogP contribution >= 0.6 is 0 Å². The molecule has 5 nitrogen and oxygen atoms in total. The smallest absolute Gasteiger partial charge is 0.251 e. The maximum absolute atomic E-state index is 13.7. The minimum Gasteiger partial charge on any atom is -0.494 e. The molecular formula is C17H23FN2O3. The summed E-state index contributed by atoms with van der Waals surface area (Å²) in [5.74, 6) is -0.622. The van der Waals surface area contributed by atoms with Crippen LogP contribution in [0.2, 0.25) is 0 Å². The highest BCUT2D eigenvalue weighted by atomic mass is 19.1. The van der Waals surface area contributed by atoms with Crippen molar-refractivity contribution < 1.29 is 18.7 Å². The third-order valence-corrected chi connectivity index (χ3v) is 4.96. The Morgan fingerprint density at radius 3 is 2.70 bits per heavy atom. The molecule has 1 saturated carbocycles. The number of methoxy groups -OCH3 is 1. The number of amides is 1. The Hall–Kier alpha value is -1.66. The molecule has 2 fully saturated rings. The van der Waals surface area contributed by atoms with Gasteiger partial charge in [0, 0.05) is 30.7 Å². The van der Waals surface area contributed by atoms with Gasteiger partial charge in [0.05, 0.1) is 20.3 Å². The molecule has 3 rings (SSSR count). The Labute approximate surface area is 135 Å². The Bertz CT molecular complexity index is 569. The van der Waals surface area contributed by atoms with E-state index in [0.29, 0.717) is 12.1 Å². The minimum absolute atomic E-state index is 0.0461. The van der Waals surface area contributed by atoms with Gasteiger partial charge in [0.25, 0.3) is 5.91 Å². The molecule has 1 heterocycles. The van der Waals surface area contributed by atoms with Gasteiger partial charge in [-0.25, -0.2) is 4.39 Å². The van der Waals surface area contributed by atoms with Crippen LogP contribution < -0.4 is 10.1 Å². The standard InChI is InChI=1S/C17H23FN2O3/c1-22-15-4-3-13(11-14(15)18)16(21)19-12-17(5-2-6-17)20-7-9-23-10-8-20/h3-4,11H,2,5-10,12H2,1H3,(H,19,21). The Morgan fingerprint density at radius 2 is 2.13 bits per heavy atom. The van der Waals surface area contributed by atoms with Gasteiger partial charge in [-0.05, 0) is 37.5 Å². The van der Waals surface area contributed by atoms with E-state index in [0.717, 1.165) is 39.1 Å². The van der Waals surface area contributed by atoms with Gasteiger partial charge in [0.1, 0.15) is 0 Å². The summed E-state index contributed by atoms with van der Waals surface area (Å²) in [5, 5.41) is 2.97. The summed E-state index contributed by atoms with van der Waals surface area (Å²) in [5.41, 5.74) is 0.365. The van der Waals surface area contributed by atoms with Crippen molar-refractivity contribution in [3.05, 3.63) is 29.6 Å². The molecule has 1 aliphatic carbocycles. The van der Waals surface area contributed by atoms with Crippen molar-refractivity contribution >= 4 is 5.91 Å². The van der Waals surface area contributed by atoms with Crippen molar-refractivity contribution in [2.75, 3.05) is 40.0 Å². The number of rotatable bonds is 5. The van der Waals surface area contributed by atoms with E-state index in [9.17, 15) is 9.18 Å². The van der Waals surface area contributed by atoms with Crippen LogP contribution in [0.15, 0.2) is 18.2 Å². The number of ether oxygens (including phenoxy) is 2. The molecule has 1 amide bonds. The van der Waals surface area contributed by atoms with Crippen molar-refractivity contribution in [3.8, 4) is 5.75 Å². The van der Waals surface area contributed by atoms with E-state index in [4.69, 9.17) is 9.47 Å². The lowest BCUT2D eigenvalue weighted by molar-refractivity contribution is -0.0540. The topological polar surface area (TPSA) is 50.8 Å². The lowest BCUT2D eigenvalue weighted by Gasteiger charge is -2.51.